The van der Waals surface area contributed by atoms with Gasteiger partial charge in [0.15, 0.2) is 0 Å². The Bertz CT molecular complexity index is 1170. The molecule has 3 aromatic carbocycles. The summed E-state index contributed by atoms with van der Waals surface area (Å²) in [4.78, 5) is 25.7. The van der Waals surface area contributed by atoms with Gasteiger partial charge >= 0.3 is 12.1 Å². The van der Waals surface area contributed by atoms with Crippen molar-refractivity contribution in [2.45, 2.75) is 22.8 Å². The summed E-state index contributed by atoms with van der Waals surface area (Å²) in [6.07, 6.45) is -0.939. The number of nitrogens with one attached hydrogen (secondary N) is 1. The number of hydrogen-bond acceptors (Lipinski definition) is 6. The molecule has 0 aromatic heterocycles. The molecule has 6 nitrogen and oxygen atoms in total. The number of anilines is 1. The Kier molecular flexibility index (Phi) is 8.72. The lowest BCUT2D eigenvalue weighted by Crippen LogP contribution is -2.45. The number of amides is 1. The van der Waals surface area contributed by atoms with E-state index in [2.05, 4.69) is 5.32 Å². The van der Waals surface area contributed by atoms with Crippen LogP contribution in [0.5, 0.6) is 0 Å². The molecule has 178 valence electrons. The molecule has 0 bridgehead atoms. The van der Waals surface area contributed by atoms with Gasteiger partial charge in [0.25, 0.3) is 0 Å². The number of nitrogens with two attached hydrogens (primary N) is 1. The van der Waals surface area contributed by atoms with Crippen molar-refractivity contribution in [3.8, 4) is 0 Å². The van der Waals surface area contributed by atoms with Crippen LogP contribution in [0.2, 0.25) is 5.02 Å². The predicted molar refractivity (Wildman–Crippen MR) is 126 cm³/mol. The van der Waals surface area contributed by atoms with E-state index in [1.165, 1.54) is 6.07 Å². The van der Waals surface area contributed by atoms with Gasteiger partial charge in [0.2, 0.25) is 0 Å². The third kappa shape index (κ3) is 6.61. The van der Waals surface area contributed by atoms with E-state index < -0.39 is 35.0 Å². The van der Waals surface area contributed by atoms with Crippen LogP contribution in [0.3, 0.4) is 0 Å². The minimum Gasteiger partial charge on any atom is -0.467 e. The summed E-state index contributed by atoms with van der Waals surface area (Å²) in [6, 6.07) is 14.9. The predicted octanol–water partition coefficient (Wildman–Crippen LogP) is 5.50. The molecule has 0 fully saturated rings. The van der Waals surface area contributed by atoms with Crippen molar-refractivity contribution in [3.05, 3.63) is 94.5 Å². The molecule has 10 heteroatoms. The number of benzene rings is 3. The Balaban J connectivity index is 1.93. The van der Waals surface area contributed by atoms with Gasteiger partial charge in [-0.05, 0) is 42.0 Å². The van der Waals surface area contributed by atoms with Gasteiger partial charge in [-0.15, -0.1) is 11.8 Å². The average molecular weight is 507 g/mol. The number of rotatable bonds is 8. The van der Waals surface area contributed by atoms with E-state index in [4.69, 9.17) is 26.8 Å². The van der Waals surface area contributed by atoms with E-state index in [0.717, 1.165) is 42.6 Å². The number of halogens is 3. The summed E-state index contributed by atoms with van der Waals surface area (Å²) in [5.41, 5.74) is 6.85. The highest BCUT2D eigenvalue weighted by Gasteiger charge is 2.36. The number of nitrogen functional groups attached to an aromatic ring is 1. The Morgan fingerprint density at radius 1 is 1.09 bits per heavy atom. The molecular weight excluding hydrogens is 486 g/mol. The van der Waals surface area contributed by atoms with Gasteiger partial charge in [-0.3, -0.25) is 0 Å². The zero-order valence-electron chi connectivity index (χ0n) is 18.0. The van der Waals surface area contributed by atoms with Crippen molar-refractivity contribution in [2.24, 2.45) is 0 Å². The van der Waals surface area contributed by atoms with Crippen molar-refractivity contribution >= 4 is 41.1 Å². The van der Waals surface area contributed by atoms with Gasteiger partial charge < -0.3 is 20.5 Å². The van der Waals surface area contributed by atoms with E-state index >= 15 is 0 Å². The van der Waals surface area contributed by atoms with Gasteiger partial charge in [0.05, 0.1) is 12.4 Å². The van der Waals surface area contributed by atoms with Gasteiger partial charge in [-0.1, -0.05) is 41.9 Å². The molecule has 0 aliphatic carbocycles. The molecule has 2 atom stereocenters. The quantitative estimate of drug-likeness (QED) is 0.238. The first kappa shape index (κ1) is 25.3. The van der Waals surface area contributed by atoms with Crippen molar-refractivity contribution in [1.82, 2.24) is 5.32 Å². The first-order valence-corrected chi connectivity index (χ1v) is 11.3. The molecule has 34 heavy (non-hydrogen) atoms. The molecule has 1 amide bonds. The molecule has 0 saturated carbocycles. The van der Waals surface area contributed by atoms with Gasteiger partial charge in [-0.25, -0.2) is 18.4 Å². The third-order valence-electron chi connectivity index (χ3n) is 4.73. The van der Waals surface area contributed by atoms with Crippen LogP contribution in [0.25, 0.3) is 0 Å². The van der Waals surface area contributed by atoms with E-state index in [0.29, 0.717) is 9.92 Å². The SMILES string of the molecule is COC(=O)[C@@H](NC(=O)OCc1ccccc1)C(Sc1ccc(Cl)cc1N)c1cc(F)ccc1F. The average Bonchev–Trinajstić information content (AvgIpc) is 2.83. The maximum atomic E-state index is 14.8. The van der Waals surface area contributed by atoms with Crippen LogP contribution >= 0.6 is 23.4 Å². The highest BCUT2D eigenvalue weighted by Crippen LogP contribution is 2.42. The lowest BCUT2D eigenvalue weighted by Gasteiger charge is -2.26. The largest absolute Gasteiger partial charge is 0.467 e. The van der Waals surface area contributed by atoms with E-state index in [-0.39, 0.29) is 17.9 Å². The second-order valence-corrected chi connectivity index (χ2v) is 8.71. The lowest BCUT2D eigenvalue weighted by molar-refractivity contribution is -0.143. The molecule has 3 rings (SSSR count). The fraction of sp³-hybridized carbons (Fsp3) is 0.167. The first-order valence-electron chi connectivity index (χ1n) is 10.00. The highest BCUT2D eigenvalue weighted by atomic mass is 35.5. The summed E-state index contributed by atoms with van der Waals surface area (Å²) >= 11 is 6.91. The standard InChI is InChI=1S/C24H21ClF2N2O4S/c1-32-23(30)21(29-24(31)33-13-14-5-3-2-4-6-14)22(17-12-16(26)8-9-18(17)27)34-20-10-7-15(25)11-19(20)28/h2-12,21-22H,13,28H2,1H3,(H,29,31)/t21-,22?/m0/s1. The van der Waals surface area contributed by atoms with Crippen molar-refractivity contribution in [2.75, 3.05) is 12.8 Å². The molecule has 0 radical (unpaired) electrons. The molecule has 0 saturated heterocycles. The summed E-state index contributed by atoms with van der Waals surface area (Å²) < 4.78 is 38.9. The lowest BCUT2D eigenvalue weighted by atomic mass is 10.0. The molecular formula is C24H21ClF2N2O4S. The topological polar surface area (TPSA) is 90.6 Å². The number of thioether (sulfide) groups is 1. The van der Waals surface area contributed by atoms with E-state index in [1.54, 1.807) is 36.4 Å². The Hall–Kier alpha value is -3.30. The van der Waals surface area contributed by atoms with Crippen LogP contribution in [0, 0.1) is 11.6 Å². The maximum absolute atomic E-state index is 14.8. The summed E-state index contributed by atoms with van der Waals surface area (Å²) in [7, 11) is 1.12. The molecule has 3 N–H and O–H groups in total. The number of carbonyl (C=O) groups excluding carboxylic acids is 2. The first-order chi connectivity index (χ1) is 16.3. The highest BCUT2D eigenvalue weighted by molar-refractivity contribution is 7.99. The molecule has 1 unspecified atom stereocenters. The number of methoxy groups -OCH3 is 1. The van der Waals surface area contributed by atoms with Crippen LogP contribution in [-0.2, 0) is 20.9 Å². The summed E-state index contributed by atoms with van der Waals surface area (Å²) in [5, 5.41) is 1.64. The molecule has 0 spiro atoms. The number of carbonyl (C=O) groups is 2. The Morgan fingerprint density at radius 3 is 2.50 bits per heavy atom. The van der Waals surface area contributed by atoms with Gasteiger partial charge in [0, 0.05) is 21.2 Å². The molecule has 0 aliphatic heterocycles. The normalized spacial score (nSPS) is 12.5. The second-order valence-electron chi connectivity index (χ2n) is 7.09. The van der Waals surface area contributed by atoms with Crippen molar-refractivity contribution in [3.63, 3.8) is 0 Å². The Labute approximate surface area is 204 Å². The number of alkyl carbamates (subject to hydrolysis) is 1. The van der Waals surface area contributed by atoms with E-state index in [1.807, 2.05) is 6.07 Å². The number of esters is 1. The number of ether oxygens (including phenoxy) is 2. The summed E-state index contributed by atoms with van der Waals surface area (Å²) in [6.45, 7) is -0.0587. The summed E-state index contributed by atoms with van der Waals surface area (Å²) in [5.74, 6) is -2.38. The minimum atomic E-state index is -1.44. The van der Waals surface area contributed by atoms with Crippen LogP contribution < -0.4 is 11.1 Å². The fourth-order valence-corrected chi connectivity index (χ4v) is 4.50. The molecule has 0 heterocycles. The third-order valence-corrected chi connectivity index (χ3v) is 6.38. The molecule has 3 aromatic rings. The Morgan fingerprint density at radius 2 is 1.82 bits per heavy atom. The zero-order valence-corrected chi connectivity index (χ0v) is 19.5. The van der Waals surface area contributed by atoms with Gasteiger partial charge in [-0.2, -0.15) is 0 Å². The molecule has 0 aliphatic rings. The van der Waals surface area contributed by atoms with Crippen molar-refractivity contribution in [1.29, 1.82) is 0 Å². The zero-order chi connectivity index (χ0) is 24.7. The second kappa shape index (κ2) is 11.7. The van der Waals surface area contributed by atoms with Crippen LogP contribution in [0.1, 0.15) is 16.4 Å². The maximum Gasteiger partial charge on any atom is 0.408 e. The smallest absolute Gasteiger partial charge is 0.408 e. The van der Waals surface area contributed by atoms with Crippen LogP contribution in [0.15, 0.2) is 71.6 Å². The van der Waals surface area contributed by atoms with Gasteiger partial charge in [0.1, 0.15) is 24.3 Å². The van der Waals surface area contributed by atoms with Crippen molar-refractivity contribution < 1.29 is 27.8 Å². The van der Waals surface area contributed by atoms with Crippen LogP contribution in [-0.4, -0.2) is 25.2 Å². The van der Waals surface area contributed by atoms with E-state index in [9.17, 15) is 18.4 Å². The number of hydrogen-bond donors (Lipinski definition) is 2. The monoisotopic (exact) mass is 506 g/mol. The fourth-order valence-electron chi connectivity index (χ4n) is 3.08. The minimum absolute atomic E-state index is 0.0587. The van der Waals surface area contributed by atoms with Crippen LogP contribution in [0.4, 0.5) is 19.3 Å².